The molecule has 0 saturated heterocycles. The molecule has 0 spiro atoms. The molecule has 0 fully saturated rings. The van der Waals surface area contributed by atoms with Gasteiger partial charge < -0.3 is 47.4 Å². The van der Waals surface area contributed by atoms with Gasteiger partial charge >= 0.3 is 17.9 Å². The van der Waals surface area contributed by atoms with E-state index in [0.29, 0.717) is 0 Å². The molecular formula is C23H39N5O11. The Morgan fingerprint density at radius 3 is 1.62 bits per heavy atom. The summed E-state index contributed by atoms with van der Waals surface area (Å²) in [6.45, 7) is 5.57. The summed E-state index contributed by atoms with van der Waals surface area (Å²) in [4.78, 5) is 84.0. The summed E-state index contributed by atoms with van der Waals surface area (Å²) in [5.74, 6) is -8.68. The summed E-state index contributed by atoms with van der Waals surface area (Å²) in [6.07, 6.45) is -1.51. The molecular weight excluding hydrogens is 522 g/mol. The van der Waals surface area contributed by atoms with E-state index in [1.807, 2.05) is 0 Å². The molecule has 222 valence electrons. The number of rotatable bonds is 18. The molecule has 0 aliphatic heterocycles. The van der Waals surface area contributed by atoms with E-state index in [-0.39, 0.29) is 18.8 Å². The van der Waals surface area contributed by atoms with Crippen molar-refractivity contribution in [3.8, 4) is 0 Å². The fourth-order valence-electron chi connectivity index (χ4n) is 3.28. The highest BCUT2D eigenvalue weighted by Crippen LogP contribution is 2.08. The molecule has 0 heterocycles. The van der Waals surface area contributed by atoms with Gasteiger partial charge in [-0.2, -0.15) is 0 Å². The number of nitrogens with one attached hydrogen (secondary N) is 4. The monoisotopic (exact) mass is 561 g/mol. The number of hydrogen-bond donors (Lipinski definition) is 9. The minimum absolute atomic E-state index is 0.00689. The normalized spacial score (nSPS) is 14.9. The van der Waals surface area contributed by atoms with Crippen molar-refractivity contribution in [2.24, 2.45) is 17.6 Å². The number of aliphatic carboxylic acids is 3. The largest absolute Gasteiger partial charge is 0.481 e. The van der Waals surface area contributed by atoms with Gasteiger partial charge in [0.1, 0.15) is 24.2 Å². The zero-order valence-electron chi connectivity index (χ0n) is 22.3. The van der Waals surface area contributed by atoms with Crippen LogP contribution in [0, 0.1) is 11.8 Å². The van der Waals surface area contributed by atoms with Crippen molar-refractivity contribution in [1.82, 2.24) is 21.3 Å². The molecule has 0 aliphatic rings. The van der Waals surface area contributed by atoms with Crippen LogP contribution in [0.15, 0.2) is 0 Å². The van der Waals surface area contributed by atoms with Crippen molar-refractivity contribution >= 4 is 41.5 Å². The maximum Gasteiger partial charge on any atom is 0.326 e. The molecule has 0 aromatic heterocycles. The summed E-state index contributed by atoms with van der Waals surface area (Å²) < 4.78 is 0. The van der Waals surface area contributed by atoms with Gasteiger partial charge in [-0.25, -0.2) is 4.79 Å². The third-order valence-electron chi connectivity index (χ3n) is 5.40. The fraction of sp³-hybridized carbons (Fsp3) is 0.696. The molecule has 16 nitrogen and oxygen atoms in total. The lowest BCUT2D eigenvalue weighted by Crippen LogP contribution is -2.59. The number of aliphatic hydroxyl groups excluding tert-OH is 1. The van der Waals surface area contributed by atoms with Crippen LogP contribution in [0.5, 0.6) is 0 Å². The van der Waals surface area contributed by atoms with Crippen molar-refractivity contribution in [2.45, 2.75) is 83.6 Å². The number of carbonyl (C=O) groups excluding carboxylic acids is 4. The second-order valence-corrected chi connectivity index (χ2v) is 9.70. The van der Waals surface area contributed by atoms with E-state index in [0.717, 1.165) is 0 Å². The average Bonchev–Trinajstić information content (AvgIpc) is 2.81. The minimum Gasteiger partial charge on any atom is -0.481 e. The van der Waals surface area contributed by atoms with Gasteiger partial charge in [-0.15, -0.1) is 0 Å². The molecule has 0 aromatic carbocycles. The fourth-order valence-corrected chi connectivity index (χ4v) is 3.28. The summed E-state index contributed by atoms with van der Waals surface area (Å²) >= 11 is 0. The van der Waals surface area contributed by atoms with Gasteiger partial charge in [0, 0.05) is 6.42 Å². The molecule has 39 heavy (non-hydrogen) atoms. The second kappa shape index (κ2) is 16.9. The number of carboxylic acids is 3. The first-order valence-corrected chi connectivity index (χ1v) is 12.2. The Morgan fingerprint density at radius 2 is 1.18 bits per heavy atom. The first kappa shape index (κ1) is 35.2. The number of carboxylic acid groups (broad SMARTS) is 3. The van der Waals surface area contributed by atoms with Crippen molar-refractivity contribution in [3.05, 3.63) is 0 Å². The predicted octanol–water partition coefficient (Wildman–Crippen LogP) is -2.63. The highest BCUT2D eigenvalue weighted by molar-refractivity contribution is 5.96. The molecule has 0 aliphatic carbocycles. The topological polar surface area (TPSA) is 275 Å². The molecule has 0 radical (unpaired) electrons. The van der Waals surface area contributed by atoms with Gasteiger partial charge in [0.15, 0.2) is 0 Å². The molecule has 4 amide bonds. The number of nitrogens with two attached hydrogens (primary N) is 1. The van der Waals surface area contributed by atoms with E-state index in [2.05, 4.69) is 21.3 Å². The van der Waals surface area contributed by atoms with Crippen molar-refractivity contribution in [1.29, 1.82) is 0 Å². The summed E-state index contributed by atoms with van der Waals surface area (Å²) in [5, 5.41) is 45.7. The quantitative estimate of drug-likeness (QED) is 0.0831. The average molecular weight is 562 g/mol. The number of hydrogen-bond acceptors (Lipinski definition) is 9. The van der Waals surface area contributed by atoms with Crippen LogP contribution in [0.2, 0.25) is 0 Å². The first-order chi connectivity index (χ1) is 18.0. The van der Waals surface area contributed by atoms with E-state index in [9.17, 15) is 48.9 Å². The van der Waals surface area contributed by atoms with Crippen LogP contribution in [-0.4, -0.2) is 98.8 Å². The molecule has 16 heteroatoms. The maximum absolute atomic E-state index is 13.0. The second-order valence-electron chi connectivity index (χ2n) is 9.70. The lowest BCUT2D eigenvalue weighted by atomic mass is 10.0. The number of amides is 4. The van der Waals surface area contributed by atoms with Crippen molar-refractivity contribution < 1.29 is 54.0 Å². The van der Waals surface area contributed by atoms with Gasteiger partial charge in [-0.05, 0) is 24.7 Å². The lowest BCUT2D eigenvalue weighted by Gasteiger charge is -2.26. The summed E-state index contributed by atoms with van der Waals surface area (Å²) in [7, 11) is 0. The summed E-state index contributed by atoms with van der Waals surface area (Å²) in [5.41, 5.74) is 5.60. The molecule has 5 atom stereocenters. The van der Waals surface area contributed by atoms with Crippen LogP contribution in [0.25, 0.3) is 0 Å². The van der Waals surface area contributed by atoms with Gasteiger partial charge in [0.05, 0.1) is 19.1 Å². The number of aliphatic hydroxyl groups is 1. The standard InChI is InChI=1S/C23H39N5O11/c1-10(2)7-13(25-22(37)15(9-29)27-19(34)12(24)5-6-16(30)31)20(35)26-14(8-17(32)33)21(36)28-18(11(3)4)23(38)39/h10-15,18,29H,5-9,24H2,1-4H3,(H,25,37)(H,26,35)(H,27,34)(H,28,36)(H,30,31)(H,32,33)(H,38,39)/t12-,13-,14-,15-,18-/m0/s1. The first-order valence-electron chi connectivity index (χ1n) is 12.2. The molecule has 0 rings (SSSR count). The van der Waals surface area contributed by atoms with Crippen LogP contribution < -0.4 is 27.0 Å². The Hall–Kier alpha value is -3.79. The molecule has 0 aromatic rings. The van der Waals surface area contributed by atoms with E-state index in [1.165, 1.54) is 13.8 Å². The van der Waals surface area contributed by atoms with Crippen molar-refractivity contribution in [3.63, 3.8) is 0 Å². The van der Waals surface area contributed by atoms with Gasteiger partial charge in [-0.3, -0.25) is 28.8 Å². The highest BCUT2D eigenvalue weighted by Gasteiger charge is 2.33. The third kappa shape index (κ3) is 13.5. The van der Waals surface area contributed by atoms with Crippen molar-refractivity contribution in [2.75, 3.05) is 6.61 Å². The van der Waals surface area contributed by atoms with Crippen LogP contribution in [0.3, 0.4) is 0 Å². The Bertz CT molecular complexity index is 909. The number of carbonyl (C=O) groups is 7. The highest BCUT2D eigenvalue weighted by atomic mass is 16.4. The van der Waals surface area contributed by atoms with E-state index >= 15 is 0 Å². The Labute approximate surface area is 225 Å². The van der Waals surface area contributed by atoms with E-state index < -0.39 is 97.1 Å². The van der Waals surface area contributed by atoms with E-state index in [4.69, 9.17) is 10.8 Å². The zero-order chi connectivity index (χ0) is 30.4. The lowest BCUT2D eigenvalue weighted by molar-refractivity contribution is -0.144. The molecule has 0 unspecified atom stereocenters. The SMILES string of the molecule is CC(C)C[C@H](NC(=O)[C@H](CO)NC(=O)[C@@H](N)CCC(=O)O)C(=O)N[C@@H](CC(=O)O)C(=O)N[C@H](C(=O)O)C(C)C. The van der Waals surface area contributed by atoms with Gasteiger partial charge in [-0.1, -0.05) is 27.7 Å². The van der Waals surface area contributed by atoms with Crippen LogP contribution in [-0.2, 0) is 33.6 Å². The minimum atomic E-state index is -1.68. The van der Waals surface area contributed by atoms with Gasteiger partial charge in [0.25, 0.3) is 0 Å². The molecule has 0 saturated carbocycles. The van der Waals surface area contributed by atoms with Gasteiger partial charge in [0.2, 0.25) is 23.6 Å². The van der Waals surface area contributed by atoms with E-state index in [1.54, 1.807) is 13.8 Å². The predicted molar refractivity (Wildman–Crippen MR) is 134 cm³/mol. The Morgan fingerprint density at radius 1 is 0.692 bits per heavy atom. The smallest absolute Gasteiger partial charge is 0.326 e. The zero-order valence-corrected chi connectivity index (χ0v) is 22.3. The van der Waals surface area contributed by atoms with Crippen LogP contribution in [0.1, 0.15) is 53.4 Å². The summed E-state index contributed by atoms with van der Waals surface area (Å²) in [6, 6.07) is -7.21. The van der Waals surface area contributed by atoms with Crippen LogP contribution >= 0.6 is 0 Å². The third-order valence-corrected chi connectivity index (χ3v) is 5.40. The Kier molecular flexibility index (Phi) is 15.3. The maximum atomic E-state index is 13.0. The Balaban J connectivity index is 5.64. The molecule has 0 bridgehead atoms. The van der Waals surface area contributed by atoms with Crippen LogP contribution in [0.4, 0.5) is 0 Å². The molecule has 10 N–H and O–H groups in total.